The monoisotopic (exact) mass is 366 g/mol. The van der Waals surface area contributed by atoms with E-state index >= 15 is 0 Å². The molecule has 2 aromatic heterocycles. The molecule has 0 aliphatic carbocycles. The summed E-state index contributed by atoms with van der Waals surface area (Å²) in [6.45, 7) is 3.35. The Labute approximate surface area is 157 Å². The molecule has 1 saturated heterocycles. The molecule has 0 saturated carbocycles. The van der Waals surface area contributed by atoms with Crippen molar-refractivity contribution in [2.24, 2.45) is 0 Å². The summed E-state index contributed by atoms with van der Waals surface area (Å²) in [6.07, 6.45) is 5.97. The number of thiazole rings is 1. The predicted molar refractivity (Wildman–Crippen MR) is 106 cm³/mol. The average molecular weight is 366 g/mol. The van der Waals surface area contributed by atoms with Crippen LogP contribution in [0.4, 0.5) is 5.69 Å². The van der Waals surface area contributed by atoms with Gasteiger partial charge in [0.15, 0.2) is 0 Å². The molecular formula is C20H22N4OS. The van der Waals surface area contributed by atoms with Crippen molar-refractivity contribution in [1.82, 2.24) is 14.9 Å². The van der Waals surface area contributed by atoms with Crippen LogP contribution in [-0.2, 0) is 11.2 Å². The van der Waals surface area contributed by atoms with Gasteiger partial charge in [-0.25, -0.2) is 4.98 Å². The Morgan fingerprint density at radius 1 is 1.04 bits per heavy atom. The zero-order valence-corrected chi connectivity index (χ0v) is 15.5. The van der Waals surface area contributed by atoms with E-state index in [2.05, 4.69) is 20.9 Å². The maximum Gasteiger partial charge on any atom is 0.222 e. The third-order valence-corrected chi connectivity index (χ3v) is 5.88. The van der Waals surface area contributed by atoms with Crippen LogP contribution in [0.25, 0.3) is 10.2 Å². The number of piperazine rings is 1. The molecule has 26 heavy (non-hydrogen) atoms. The first-order chi connectivity index (χ1) is 12.8. The van der Waals surface area contributed by atoms with Gasteiger partial charge in [0.1, 0.15) is 0 Å². The Morgan fingerprint density at radius 3 is 2.58 bits per heavy atom. The van der Waals surface area contributed by atoms with Gasteiger partial charge in [-0.1, -0.05) is 12.1 Å². The van der Waals surface area contributed by atoms with Crippen LogP contribution in [0.15, 0.2) is 48.8 Å². The summed E-state index contributed by atoms with van der Waals surface area (Å²) in [6, 6.07) is 12.2. The van der Waals surface area contributed by atoms with E-state index in [9.17, 15) is 4.79 Å². The highest BCUT2D eigenvalue weighted by molar-refractivity contribution is 7.18. The lowest BCUT2D eigenvalue weighted by atomic mass is 10.2. The number of anilines is 1. The molecule has 5 nitrogen and oxygen atoms in total. The SMILES string of the molecule is O=C(CCCc1nc2ccccc2s1)N1CCN(c2ccncc2)CC1. The number of aromatic nitrogens is 2. The predicted octanol–water partition coefficient (Wildman–Crippen LogP) is 3.36. The van der Waals surface area contributed by atoms with Gasteiger partial charge >= 0.3 is 0 Å². The van der Waals surface area contributed by atoms with Gasteiger partial charge in [-0.2, -0.15) is 0 Å². The molecule has 4 rings (SSSR count). The number of benzene rings is 1. The lowest BCUT2D eigenvalue weighted by molar-refractivity contribution is -0.131. The Bertz CT molecular complexity index is 839. The summed E-state index contributed by atoms with van der Waals surface area (Å²) in [5, 5.41) is 1.13. The standard InChI is InChI=1S/C20H22N4OS/c25-20(7-3-6-19-22-17-4-1-2-5-18(17)26-19)24-14-12-23(13-15-24)16-8-10-21-11-9-16/h1-2,4-5,8-11H,3,6-7,12-15H2. The van der Waals surface area contributed by atoms with Crippen molar-refractivity contribution in [3.63, 3.8) is 0 Å². The number of fused-ring (bicyclic) bond motifs is 1. The van der Waals surface area contributed by atoms with Crippen molar-refractivity contribution in [2.75, 3.05) is 31.1 Å². The zero-order chi connectivity index (χ0) is 17.8. The summed E-state index contributed by atoms with van der Waals surface area (Å²) in [5.74, 6) is 0.264. The van der Waals surface area contributed by atoms with Crippen LogP contribution in [0.2, 0.25) is 0 Å². The minimum atomic E-state index is 0.264. The molecule has 0 N–H and O–H groups in total. The first kappa shape index (κ1) is 17.0. The largest absolute Gasteiger partial charge is 0.368 e. The number of aryl methyl sites for hydroxylation is 1. The van der Waals surface area contributed by atoms with Crippen LogP contribution >= 0.6 is 11.3 Å². The number of carbonyl (C=O) groups excluding carboxylic acids is 1. The highest BCUT2D eigenvalue weighted by atomic mass is 32.1. The summed E-state index contributed by atoms with van der Waals surface area (Å²) in [4.78, 5) is 25.5. The Hall–Kier alpha value is -2.47. The van der Waals surface area contributed by atoms with Crippen LogP contribution in [0.5, 0.6) is 0 Å². The fourth-order valence-electron chi connectivity index (χ4n) is 3.34. The normalized spacial score (nSPS) is 14.8. The second-order valence-corrected chi connectivity index (χ2v) is 7.62. The van der Waals surface area contributed by atoms with Crippen LogP contribution in [0, 0.1) is 0 Å². The average Bonchev–Trinajstić information content (AvgIpc) is 3.11. The minimum Gasteiger partial charge on any atom is -0.368 e. The lowest BCUT2D eigenvalue weighted by Gasteiger charge is -2.36. The van der Waals surface area contributed by atoms with E-state index < -0.39 is 0 Å². The summed E-state index contributed by atoms with van der Waals surface area (Å²) >= 11 is 1.73. The summed E-state index contributed by atoms with van der Waals surface area (Å²) in [5.41, 5.74) is 2.24. The Kier molecular flexibility index (Phi) is 5.11. The molecular weight excluding hydrogens is 344 g/mol. The molecule has 1 aromatic carbocycles. The van der Waals surface area contributed by atoms with Gasteiger partial charge in [-0.3, -0.25) is 9.78 Å². The van der Waals surface area contributed by atoms with Gasteiger partial charge < -0.3 is 9.80 Å². The number of pyridine rings is 1. The smallest absolute Gasteiger partial charge is 0.222 e. The molecule has 3 aromatic rings. The zero-order valence-electron chi connectivity index (χ0n) is 14.7. The van der Waals surface area contributed by atoms with E-state index in [0.717, 1.165) is 49.5 Å². The second kappa shape index (κ2) is 7.83. The first-order valence-corrected chi connectivity index (χ1v) is 9.88. The molecule has 1 aliphatic heterocycles. The quantitative estimate of drug-likeness (QED) is 0.695. The topological polar surface area (TPSA) is 49.3 Å². The Morgan fingerprint density at radius 2 is 1.81 bits per heavy atom. The van der Waals surface area contributed by atoms with E-state index in [1.807, 2.05) is 47.6 Å². The van der Waals surface area contributed by atoms with E-state index in [0.29, 0.717) is 6.42 Å². The van der Waals surface area contributed by atoms with Crippen molar-refractivity contribution in [3.8, 4) is 0 Å². The number of nitrogens with zero attached hydrogens (tertiary/aromatic N) is 4. The van der Waals surface area contributed by atoms with Crippen LogP contribution in [-0.4, -0.2) is 47.0 Å². The molecule has 1 aliphatic rings. The van der Waals surface area contributed by atoms with Gasteiger partial charge in [0, 0.05) is 50.7 Å². The summed E-state index contributed by atoms with van der Waals surface area (Å²) in [7, 11) is 0. The van der Waals surface area contributed by atoms with Crippen LogP contribution in [0.3, 0.4) is 0 Å². The number of amides is 1. The number of carbonyl (C=O) groups is 1. The minimum absolute atomic E-state index is 0.264. The highest BCUT2D eigenvalue weighted by Crippen LogP contribution is 2.23. The maximum absolute atomic E-state index is 12.5. The molecule has 0 spiro atoms. The second-order valence-electron chi connectivity index (χ2n) is 6.50. The number of para-hydroxylation sites is 1. The van der Waals surface area contributed by atoms with E-state index in [1.165, 1.54) is 10.4 Å². The molecule has 1 fully saturated rings. The fourth-order valence-corrected chi connectivity index (χ4v) is 4.35. The van der Waals surface area contributed by atoms with E-state index in [4.69, 9.17) is 0 Å². The molecule has 6 heteroatoms. The van der Waals surface area contributed by atoms with Gasteiger partial charge in [0.2, 0.25) is 5.91 Å². The third kappa shape index (κ3) is 3.85. The number of rotatable bonds is 5. The third-order valence-electron chi connectivity index (χ3n) is 4.78. The molecule has 3 heterocycles. The van der Waals surface area contributed by atoms with Crippen molar-refractivity contribution >= 4 is 33.1 Å². The first-order valence-electron chi connectivity index (χ1n) is 9.07. The maximum atomic E-state index is 12.5. The van der Waals surface area contributed by atoms with Crippen LogP contribution in [0.1, 0.15) is 17.8 Å². The van der Waals surface area contributed by atoms with Gasteiger partial charge in [-0.05, 0) is 37.1 Å². The number of hydrogen-bond donors (Lipinski definition) is 0. The van der Waals surface area contributed by atoms with Gasteiger partial charge in [0.05, 0.1) is 15.2 Å². The molecule has 134 valence electrons. The molecule has 0 bridgehead atoms. The summed E-state index contributed by atoms with van der Waals surface area (Å²) < 4.78 is 1.22. The molecule has 0 unspecified atom stereocenters. The van der Waals surface area contributed by atoms with Crippen molar-refractivity contribution in [2.45, 2.75) is 19.3 Å². The molecule has 0 atom stereocenters. The van der Waals surface area contributed by atoms with Crippen LogP contribution < -0.4 is 4.90 Å². The lowest BCUT2D eigenvalue weighted by Crippen LogP contribution is -2.48. The molecule has 0 radical (unpaired) electrons. The molecule has 1 amide bonds. The van der Waals surface area contributed by atoms with E-state index in [1.54, 1.807) is 11.3 Å². The van der Waals surface area contributed by atoms with Crippen molar-refractivity contribution < 1.29 is 4.79 Å². The number of hydrogen-bond acceptors (Lipinski definition) is 5. The van der Waals surface area contributed by atoms with Gasteiger partial charge in [0.25, 0.3) is 0 Å². The fraction of sp³-hybridized carbons (Fsp3) is 0.350. The Balaban J connectivity index is 1.24. The van der Waals surface area contributed by atoms with Gasteiger partial charge in [-0.15, -0.1) is 11.3 Å². The van der Waals surface area contributed by atoms with Crippen molar-refractivity contribution in [3.05, 3.63) is 53.8 Å². The highest BCUT2D eigenvalue weighted by Gasteiger charge is 2.21. The van der Waals surface area contributed by atoms with Crippen molar-refractivity contribution in [1.29, 1.82) is 0 Å². The van der Waals surface area contributed by atoms with E-state index in [-0.39, 0.29) is 5.91 Å².